The first-order valence-electron chi connectivity index (χ1n) is 7.44. The molecule has 0 aromatic carbocycles. The largest absolute Gasteiger partial charge is 0.469 e. The molecule has 0 bridgehead atoms. The number of hydrogen-bond donors (Lipinski definition) is 1. The van der Waals surface area contributed by atoms with Crippen molar-refractivity contribution in [2.75, 3.05) is 0 Å². The first-order valence-corrected chi connectivity index (χ1v) is 7.82. The van der Waals surface area contributed by atoms with Gasteiger partial charge in [0.15, 0.2) is 0 Å². The highest BCUT2D eigenvalue weighted by Crippen LogP contribution is 2.21. The Labute approximate surface area is 135 Å². The molecule has 120 valence electrons. The van der Waals surface area contributed by atoms with Crippen molar-refractivity contribution in [2.45, 2.75) is 46.7 Å². The summed E-state index contributed by atoms with van der Waals surface area (Å²) in [6.07, 6.45) is 2.26. The molecule has 1 unspecified atom stereocenters. The van der Waals surface area contributed by atoms with Gasteiger partial charge in [0.25, 0.3) is 5.91 Å². The number of furan rings is 1. The van der Waals surface area contributed by atoms with Crippen LogP contribution in [0, 0.1) is 12.8 Å². The maximum Gasteiger partial charge on any atom is 0.256 e. The Bertz CT molecular complexity index is 632. The third-order valence-corrected chi connectivity index (χ3v) is 3.68. The van der Waals surface area contributed by atoms with Gasteiger partial charge in [-0.3, -0.25) is 9.48 Å². The van der Waals surface area contributed by atoms with Gasteiger partial charge in [0.1, 0.15) is 10.9 Å². The van der Waals surface area contributed by atoms with E-state index < -0.39 is 0 Å². The fraction of sp³-hybridized carbons (Fsp3) is 0.500. The molecule has 2 rings (SSSR count). The standard InChI is InChI=1S/C16H22ClN3O2/c1-10(2)9-20-15(17)14(12(4)19-20)16(21)18-11(3)8-13-6-5-7-22-13/h5-7,10-11H,8-9H2,1-4H3,(H,18,21). The molecule has 0 aliphatic carbocycles. The van der Waals surface area contributed by atoms with Crippen LogP contribution in [0.15, 0.2) is 22.8 Å². The van der Waals surface area contributed by atoms with Crippen molar-refractivity contribution >= 4 is 17.5 Å². The van der Waals surface area contributed by atoms with Crippen LogP contribution in [0.3, 0.4) is 0 Å². The minimum atomic E-state index is -0.198. The van der Waals surface area contributed by atoms with E-state index >= 15 is 0 Å². The number of nitrogens with one attached hydrogen (secondary N) is 1. The van der Waals surface area contributed by atoms with E-state index in [2.05, 4.69) is 24.3 Å². The van der Waals surface area contributed by atoms with Gasteiger partial charge in [0, 0.05) is 19.0 Å². The van der Waals surface area contributed by atoms with Gasteiger partial charge in [0.2, 0.25) is 0 Å². The lowest BCUT2D eigenvalue weighted by atomic mass is 10.1. The molecule has 0 fully saturated rings. The van der Waals surface area contributed by atoms with Gasteiger partial charge in [-0.15, -0.1) is 0 Å². The maximum absolute atomic E-state index is 12.4. The summed E-state index contributed by atoms with van der Waals surface area (Å²) in [6.45, 7) is 8.59. The molecule has 5 nitrogen and oxygen atoms in total. The summed E-state index contributed by atoms with van der Waals surface area (Å²) >= 11 is 6.32. The minimum absolute atomic E-state index is 0.0532. The van der Waals surface area contributed by atoms with Crippen molar-refractivity contribution in [1.82, 2.24) is 15.1 Å². The van der Waals surface area contributed by atoms with E-state index in [1.165, 1.54) is 0 Å². The Morgan fingerprint density at radius 3 is 2.77 bits per heavy atom. The second-order valence-corrected chi connectivity index (χ2v) is 6.34. The summed E-state index contributed by atoms with van der Waals surface area (Å²) in [7, 11) is 0. The number of rotatable bonds is 6. The molecule has 0 radical (unpaired) electrons. The topological polar surface area (TPSA) is 60.1 Å². The van der Waals surface area contributed by atoms with Gasteiger partial charge in [-0.2, -0.15) is 5.10 Å². The molecule has 1 atom stereocenters. The molecule has 2 heterocycles. The van der Waals surface area contributed by atoms with Crippen molar-refractivity contribution in [2.24, 2.45) is 5.92 Å². The molecule has 2 aromatic rings. The van der Waals surface area contributed by atoms with Crippen LogP contribution in [-0.2, 0) is 13.0 Å². The third kappa shape index (κ3) is 3.91. The zero-order valence-electron chi connectivity index (χ0n) is 13.4. The van der Waals surface area contributed by atoms with Crippen LogP contribution in [0.1, 0.15) is 42.6 Å². The van der Waals surface area contributed by atoms with Crippen molar-refractivity contribution in [3.8, 4) is 0 Å². The van der Waals surface area contributed by atoms with Gasteiger partial charge in [-0.1, -0.05) is 25.4 Å². The summed E-state index contributed by atoms with van der Waals surface area (Å²) in [5.74, 6) is 1.05. The predicted molar refractivity (Wildman–Crippen MR) is 86.2 cm³/mol. The predicted octanol–water partition coefficient (Wildman–Crippen LogP) is 3.45. The second-order valence-electron chi connectivity index (χ2n) is 5.99. The van der Waals surface area contributed by atoms with E-state index in [-0.39, 0.29) is 11.9 Å². The first-order chi connectivity index (χ1) is 10.4. The SMILES string of the molecule is Cc1nn(CC(C)C)c(Cl)c1C(=O)NC(C)Cc1ccco1. The molecule has 0 saturated carbocycles. The summed E-state index contributed by atoms with van der Waals surface area (Å²) in [6, 6.07) is 3.67. The zero-order valence-corrected chi connectivity index (χ0v) is 14.1. The number of halogens is 1. The smallest absolute Gasteiger partial charge is 0.256 e. The lowest BCUT2D eigenvalue weighted by Gasteiger charge is -2.12. The van der Waals surface area contributed by atoms with Gasteiger partial charge < -0.3 is 9.73 Å². The molecule has 1 N–H and O–H groups in total. The summed E-state index contributed by atoms with van der Waals surface area (Å²) < 4.78 is 6.98. The third-order valence-electron chi connectivity index (χ3n) is 3.30. The van der Waals surface area contributed by atoms with E-state index in [1.54, 1.807) is 17.9 Å². The Morgan fingerprint density at radius 2 is 2.18 bits per heavy atom. The number of amides is 1. The van der Waals surface area contributed by atoms with Gasteiger partial charge >= 0.3 is 0 Å². The van der Waals surface area contributed by atoms with Gasteiger partial charge in [-0.25, -0.2) is 0 Å². The number of nitrogens with zero attached hydrogens (tertiary/aromatic N) is 2. The van der Waals surface area contributed by atoms with Crippen LogP contribution in [0.25, 0.3) is 0 Å². The van der Waals surface area contributed by atoms with E-state index in [0.29, 0.717) is 35.3 Å². The summed E-state index contributed by atoms with van der Waals surface area (Å²) in [5.41, 5.74) is 1.10. The maximum atomic E-state index is 12.4. The molecule has 0 aliphatic heterocycles. The molecular weight excluding hydrogens is 302 g/mol. The van der Waals surface area contributed by atoms with Crippen LogP contribution in [-0.4, -0.2) is 21.7 Å². The number of aryl methyl sites for hydroxylation is 1. The Morgan fingerprint density at radius 1 is 1.45 bits per heavy atom. The van der Waals surface area contributed by atoms with Gasteiger partial charge in [0.05, 0.1) is 17.5 Å². The number of aromatic nitrogens is 2. The van der Waals surface area contributed by atoms with E-state index in [9.17, 15) is 4.79 Å². The molecule has 0 spiro atoms. The monoisotopic (exact) mass is 323 g/mol. The van der Waals surface area contributed by atoms with Crippen LogP contribution in [0.5, 0.6) is 0 Å². The molecule has 6 heteroatoms. The Hall–Kier alpha value is -1.75. The van der Waals surface area contributed by atoms with Crippen molar-refractivity contribution in [3.05, 3.63) is 40.6 Å². The highest BCUT2D eigenvalue weighted by Gasteiger charge is 2.22. The van der Waals surface area contributed by atoms with Crippen LogP contribution in [0.4, 0.5) is 0 Å². The molecular formula is C16H22ClN3O2. The van der Waals surface area contributed by atoms with Crippen molar-refractivity contribution < 1.29 is 9.21 Å². The quantitative estimate of drug-likeness (QED) is 0.885. The normalized spacial score (nSPS) is 12.6. The minimum Gasteiger partial charge on any atom is -0.469 e. The molecule has 0 saturated heterocycles. The molecule has 22 heavy (non-hydrogen) atoms. The number of carbonyl (C=O) groups is 1. The van der Waals surface area contributed by atoms with Crippen molar-refractivity contribution in [3.63, 3.8) is 0 Å². The summed E-state index contributed by atoms with van der Waals surface area (Å²) in [5, 5.41) is 7.70. The lowest BCUT2D eigenvalue weighted by molar-refractivity contribution is 0.0938. The Balaban J connectivity index is 2.07. The highest BCUT2D eigenvalue weighted by molar-refractivity contribution is 6.33. The van der Waals surface area contributed by atoms with Crippen molar-refractivity contribution in [1.29, 1.82) is 0 Å². The molecule has 1 amide bonds. The fourth-order valence-corrected chi connectivity index (χ4v) is 2.68. The van der Waals surface area contributed by atoms with E-state index in [0.717, 1.165) is 5.76 Å². The highest BCUT2D eigenvalue weighted by atomic mass is 35.5. The van der Waals surface area contributed by atoms with Crippen LogP contribution >= 0.6 is 11.6 Å². The average Bonchev–Trinajstić information content (AvgIpc) is 2.98. The fourth-order valence-electron chi connectivity index (χ4n) is 2.36. The number of hydrogen-bond acceptors (Lipinski definition) is 3. The summed E-state index contributed by atoms with van der Waals surface area (Å²) in [4.78, 5) is 12.4. The van der Waals surface area contributed by atoms with Crippen LogP contribution < -0.4 is 5.32 Å². The molecule has 0 aliphatic rings. The van der Waals surface area contributed by atoms with E-state index in [4.69, 9.17) is 16.0 Å². The van der Waals surface area contributed by atoms with Crippen LogP contribution in [0.2, 0.25) is 5.15 Å². The first kappa shape index (κ1) is 16.6. The number of carbonyl (C=O) groups excluding carboxylic acids is 1. The average molecular weight is 324 g/mol. The second kappa shape index (κ2) is 7.01. The van der Waals surface area contributed by atoms with Gasteiger partial charge in [-0.05, 0) is 31.9 Å². The van der Waals surface area contributed by atoms with E-state index in [1.807, 2.05) is 19.1 Å². The molecule has 2 aromatic heterocycles. The lowest BCUT2D eigenvalue weighted by Crippen LogP contribution is -2.34. The Kier molecular flexibility index (Phi) is 5.29. The zero-order chi connectivity index (χ0) is 16.3.